The van der Waals surface area contributed by atoms with E-state index in [-0.39, 0.29) is 6.54 Å². The standard InChI is InChI=1S/C5H7F3NO/c1-2-9(4-10)3-5(6,7)8/h2-3H2,1H3. The minimum absolute atomic E-state index is 0.0308. The maximum Gasteiger partial charge on any atom is 0.406 e. The first kappa shape index (κ1) is 9.26. The second-order valence-corrected chi connectivity index (χ2v) is 1.72. The molecule has 0 aliphatic rings. The lowest BCUT2D eigenvalue weighted by atomic mass is 10.5. The minimum Gasteiger partial charge on any atom is -0.326 e. The van der Waals surface area contributed by atoms with E-state index in [2.05, 4.69) is 0 Å². The van der Waals surface area contributed by atoms with E-state index in [0.29, 0.717) is 4.90 Å². The molecule has 0 aliphatic carbocycles. The molecule has 0 aromatic heterocycles. The van der Waals surface area contributed by atoms with Crippen molar-refractivity contribution in [2.24, 2.45) is 0 Å². The Hall–Kier alpha value is -0.740. The topological polar surface area (TPSA) is 20.3 Å². The molecule has 2 nitrogen and oxygen atoms in total. The Morgan fingerprint density at radius 1 is 1.50 bits per heavy atom. The van der Waals surface area contributed by atoms with Gasteiger partial charge >= 0.3 is 12.6 Å². The van der Waals surface area contributed by atoms with Crippen LogP contribution >= 0.6 is 0 Å². The Labute approximate surface area is 56.6 Å². The lowest BCUT2D eigenvalue weighted by molar-refractivity contribution is -0.137. The van der Waals surface area contributed by atoms with E-state index in [1.807, 2.05) is 0 Å². The number of halogens is 3. The summed E-state index contributed by atoms with van der Waals surface area (Å²) in [7, 11) is 0. The third kappa shape index (κ3) is 4.17. The second kappa shape index (κ2) is 3.43. The van der Waals surface area contributed by atoms with Gasteiger partial charge < -0.3 is 4.90 Å². The Bertz CT molecular complexity index is 112. The molecule has 0 aliphatic heterocycles. The van der Waals surface area contributed by atoms with Gasteiger partial charge in [-0.15, -0.1) is 0 Å². The van der Waals surface area contributed by atoms with Crippen LogP contribution in [0.4, 0.5) is 13.2 Å². The van der Waals surface area contributed by atoms with Gasteiger partial charge in [0.15, 0.2) is 0 Å². The smallest absolute Gasteiger partial charge is 0.326 e. The van der Waals surface area contributed by atoms with Gasteiger partial charge in [0.25, 0.3) is 0 Å². The summed E-state index contributed by atoms with van der Waals surface area (Å²) in [5.41, 5.74) is 0. The lowest BCUT2D eigenvalue weighted by Crippen LogP contribution is -2.32. The predicted octanol–water partition coefficient (Wildman–Crippen LogP) is 0.938. The monoisotopic (exact) mass is 154 g/mol. The second-order valence-electron chi connectivity index (χ2n) is 1.72. The molecular weight excluding hydrogens is 147 g/mol. The van der Waals surface area contributed by atoms with Crippen molar-refractivity contribution in [2.45, 2.75) is 13.1 Å². The lowest BCUT2D eigenvalue weighted by Gasteiger charge is -2.14. The van der Waals surface area contributed by atoms with Crippen LogP contribution in [-0.2, 0) is 4.79 Å². The van der Waals surface area contributed by atoms with Crippen molar-refractivity contribution in [2.75, 3.05) is 13.1 Å². The number of hydrogen-bond donors (Lipinski definition) is 0. The summed E-state index contributed by atoms with van der Waals surface area (Å²) in [6.07, 6.45) is -3.14. The highest BCUT2D eigenvalue weighted by Crippen LogP contribution is 2.14. The molecule has 0 saturated heterocycles. The van der Waals surface area contributed by atoms with Crippen LogP contribution in [0.2, 0.25) is 0 Å². The number of nitrogens with zero attached hydrogens (tertiary/aromatic N) is 1. The number of rotatable bonds is 3. The third-order valence-electron chi connectivity index (χ3n) is 0.881. The first-order valence-electron chi connectivity index (χ1n) is 2.69. The average Bonchev–Trinajstić information content (AvgIpc) is 1.81. The highest BCUT2D eigenvalue weighted by atomic mass is 19.4. The summed E-state index contributed by atoms with van der Waals surface area (Å²) < 4.78 is 34.4. The van der Waals surface area contributed by atoms with E-state index in [1.54, 1.807) is 0 Å². The van der Waals surface area contributed by atoms with Gasteiger partial charge in [-0.3, -0.25) is 4.79 Å². The third-order valence-corrected chi connectivity index (χ3v) is 0.881. The quantitative estimate of drug-likeness (QED) is 0.554. The van der Waals surface area contributed by atoms with Crippen LogP contribution in [0, 0.1) is 0 Å². The Balaban J connectivity index is 3.74. The van der Waals surface area contributed by atoms with E-state index >= 15 is 0 Å². The van der Waals surface area contributed by atoms with Crippen LogP contribution in [0.25, 0.3) is 0 Å². The summed E-state index contributed by atoms with van der Waals surface area (Å²) in [5.74, 6) is 0. The molecule has 0 heterocycles. The molecule has 5 heteroatoms. The van der Waals surface area contributed by atoms with Crippen molar-refractivity contribution in [3.63, 3.8) is 0 Å². The molecule has 0 atom stereocenters. The van der Waals surface area contributed by atoms with E-state index < -0.39 is 12.7 Å². The molecule has 0 rings (SSSR count). The molecule has 0 N–H and O–H groups in total. The Morgan fingerprint density at radius 3 is 2.10 bits per heavy atom. The molecule has 59 valence electrons. The van der Waals surface area contributed by atoms with E-state index in [9.17, 15) is 18.0 Å². The molecule has 0 aromatic rings. The normalized spacial score (nSPS) is 11.2. The van der Waals surface area contributed by atoms with Gasteiger partial charge in [-0.1, -0.05) is 0 Å². The Morgan fingerprint density at radius 2 is 2.00 bits per heavy atom. The highest BCUT2D eigenvalue weighted by molar-refractivity contribution is 5.47. The van der Waals surface area contributed by atoms with Crippen molar-refractivity contribution in [3.05, 3.63) is 0 Å². The van der Waals surface area contributed by atoms with Crippen LogP contribution < -0.4 is 0 Å². The Kier molecular flexibility index (Phi) is 3.18. The molecule has 0 fully saturated rings. The average molecular weight is 154 g/mol. The van der Waals surface area contributed by atoms with Gasteiger partial charge in [-0.2, -0.15) is 13.2 Å². The highest BCUT2D eigenvalue weighted by Gasteiger charge is 2.29. The molecule has 0 saturated carbocycles. The van der Waals surface area contributed by atoms with Crippen LogP contribution in [0.5, 0.6) is 0 Å². The van der Waals surface area contributed by atoms with Crippen molar-refractivity contribution in [3.8, 4) is 0 Å². The summed E-state index contributed by atoms with van der Waals surface area (Å²) in [6.45, 7) is 0.270. The van der Waals surface area contributed by atoms with Crippen molar-refractivity contribution in [1.29, 1.82) is 0 Å². The minimum atomic E-state index is -4.31. The van der Waals surface area contributed by atoms with Gasteiger partial charge in [0.1, 0.15) is 6.54 Å². The van der Waals surface area contributed by atoms with Gasteiger partial charge in [-0.05, 0) is 6.92 Å². The molecule has 1 amide bonds. The van der Waals surface area contributed by atoms with Crippen LogP contribution in [0.15, 0.2) is 0 Å². The van der Waals surface area contributed by atoms with Crippen molar-refractivity contribution >= 4 is 6.41 Å². The summed E-state index contributed by atoms with van der Waals surface area (Å²) >= 11 is 0. The van der Waals surface area contributed by atoms with Gasteiger partial charge in [-0.25, -0.2) is 0 Å². The zero-order valence-corrected chi connectivity index (χ0v) is 5.40. The number of alkyl halides is 3. The van der Waals surface area contributed by atoms with Gasteiger partial charge in [0.2, 0.25) is 0 Å². The fraction of sp³-hybridized carbons (Fsp3) is 0.800. The summed E-state index contributed by atoms with van der Waals surface area (Å²) in [4.78, 5) is 10.2. The van der Waals surface area contributed by atoms with Crippen LogP contribution in [-0.4, -0.2) is 30.6 Å². The van der Waals surface area contributed by atoms with Crippen molar-refractivity contribution in [1.82, 2.24) is 4.90 Å². The van der Waals surface area contributed by atoms with E-state index in [1.165, 1.54) is 13.3 Å². The number of hydrogen-bond acceptors (Lipinski definition) is 1. The van der Waals surface area contributed by atoms with Crippen molar-refractivity contribution < 1.29 is 18.0 Å². The number of carbonyl (C=O) groups excluding carboxylic acids is 1. The molecule has 0 spiro atoms. The fourth-order valence-corrected chi connectivity index (χ4v) is 0.425. The summed E-state index contributed by atoms with van der Waals surface area (Å²) in [6, 6.07) is 0. The first-order chi connectivity index (χ1) is 4.49. The van der Waals surface area contributed by atoms with Crippen LogP contribution in [0.1, 0.15) is 6.92 Å². The van der Waals surface area contributed by atoms with E-state index in [4.69, 9.17) is 0 Å². The molecule has 0 unspecified atom stereocenters. The molecule has 1 radical (unpaired) electrons. The zero-order chi connectivity index (χ0) is 8.20. The number of amides is 1. The summed E-state index contributed by atoms with van der Waals surface area (Å²) in [5, 5.41) is 0. The fourth-order valence-electron chi connectivity index (χ4n) is 0.425. The molecule has 0 aromatic carbocycles. The van der Waals surface area contributed by atoms with Crippen LogP contribution in [0.3, 0.4) is 0 Å². The SMILES string of the molecule is CCN([C]=O)CC(F)(F)F. The zero-order valence-electron chi connectivity index (χ0n) is 5.40. The maximum atomic E-state index is 11.5. The first-order valence-corrected chi connectivity index (χ1v) is 2.69. The molecule has 10 heavy (non-hydrogen) atoms. The van der Waals surface area contributed by atoms with Gasteiger partial charge in [0, 0.05) is 6.54 Å². The van der Waals surface area contributed by atoms with Gasteiger partial charge in [0.05, 0.1) is 0 Å². The van der Waals surface area contributed by atoms with E-state index in [0.717, 1.165) is 0 Å². The maximum absolute atomic E-state index is 11.5. The molecular formula is C5H7F3NO. The molecule has 0 bridgehead atoms. The predicted molar refractivity (Wildman–Crippen MR) is 29.0 cm³/mol. The largest absolute Gasteiger partial charge is 0.406 e.